The van der Waals surface area contributed by atoms with Crippen molar-refractivity contribution in [1.82, 2.24) is 10.0 Å². The van der Waals surface area contributed by atoms with Crippen LogP contribution in [-0.2, 0) is 10.0 Å². The van der Waals surface area contributed by atoms with E-state index in [4.69, 9.17) is 9.84 Å². The molecule has 1 atom stereocenters. The van der Waals surface area contributed by atoms with Crippen LogP contribution in [0, 0.1) is 0 Å². The third kappa shape index (κ3) is 8.38. The first-order chi connectivity index (χ1) is 19.4. The lowest BCUT2D eigenvalue weighted by Crippen LogP contribution is -2.33. The van der Waals surface area contributed by atoms with Gasteiger partial charge < -0.3 is 20.3 Å². The SMILES string of the molecule is O=C(NS(=O)(=O)CCCO)c1ccc(-c2ccc(OCCNC[C@@H](O)c3ccccc3)cc2)cc1C1CCCC1. The lowest BCUT2D eigenvalue weighted by atomic mass is 9.89. The first-order valence-corrected chi connectivity index (χ1v) is 15.5. The fourth-order valence-corrected chi connectivity index (χ4v) is 6.05. The Kier molecular flexibility index (Phi) is 10.7. The van der Waals surface area contributed by atoms with Crippen molar-refractivity contribution in [2.45, 2.75) is 44.1 Å². The third-order valence-electron chi connectivity index (χ3n) is 7.17. The molecule has 1 saturated carbocycles. The maximum absolute atomic E-state index is 13.0. The van der Waals surface area contributed by atoms with Crippen LogP contribution in [0.5, 0.6) is 5.75 Å². The van der Waals surface area contributed by atoms with E-state index in [9.17, 15) is 18.3 Å². The van der Waals surface area contributed by atoms with Gasteiger partial charge in [0.15, 0.2) is 0 Å². The molecule has 4 rings (SSSR count). The van der Waals surface area contributed by atoms with E-state index in [2.05, 4.69) is 10.0 Å². The van der Waals surface area contributed by atoms with Crippen molar-refractivity contribution in [3.05, 3.63) is 89.5 Å². The molecule has 1 amide bonds. The van der Waals surface area contributed by atoms with Crippen molar-refractivity contribution in [3.8, 4) is 16.9 Å². The number of ether oxygens (including phenoxy) is 1. The monoisotopic (exact) mass is 566 g/mol. The minimum atomic E-state index is -3.82. The van der Waals surface area contributed by atoms with Gasteiger partial charge in [-0.1, -0.05) is 67.4 Å². The zero-order chi connectivity index (χ0) is 28.4. The first kappa shape index (κ1) is 29.7. The number of carbonyl (C=O) groups is 1. The summed E-state index contributed by atoms with van der Waals surface area (Å²) in [5.41, 5.74) is 4.05. The van der Waals surface area contributed by atoms with Gasteiger partial charge in [0.2, 0.25) is 10.0 Å². The van der Waals surface area contributed by atoms with Crippen LogP contribution in [0.25, 0.3) is 11.1 Å². The summed E-state index contributed by atoms with van der Waals surface area (Å²) in [6, 6.07) is 22.8. The van der Waals surface area contributed by atoms with Crippen molar-refractivity contribution in [2.75, 3.05) is 32.1 Å². The molecule has 8 nitrogen and oxygen atoms in total. The van der Waals surface area contributed by atoms with Crippen molar-refractivity contribution < 1.29 is 28.2 Å². The summed E-state index contributed by atoms with van der Waals surface area (Å²) in [4.78, 5) is 13.0. The smallest absolute Gasteiger partial charge is 0.265 e. The molecule has 0 unspecified atom stereocenters. The van der Waals surface area contributed by atoms with E-state index in [0.29, 0.717) is 25.3 Å². The van der Waals surface area contributed by atoms with Crippen molar-refractivity contribution in [2.24, 2.45) is 0 Å². The second kappa shape index (κ2) is 14.4. The highest BCUT2D eigenvalue weighted by molar-refractivity contribution is 7.90. The van der Waals surface area contributed by atoms with Crippen LogP contribution >= 0.6 is 0 Å². The molecule has 3 aromatic rings. The highest BCUT2D eigenvalue weighted by atomic mass is 32.2. The highest BCUT2D eigenvalue weighted by Gasteiger charge is 2.25. The lowest BCUT2D eigenvalue weighted by Gasteiger charge is -2.17. The zero-order valence-electron chi connectivity index (χ0n) is 22.6. The number of aliphatic hydroxyl groups excluding tert-OH is 2. The number of nitrogens with one attached hydrogen (secondary N) is 2. The Morgan fingerprint density at radius 3 is 2.38 bits per heavy atom. The van der Waals surface area contributed by atoms with Crippen molar-refractivity contribution in [1.29, 1.82) is 0 Å². The molecule has 0 aromatic heterocycles. The van der Waals surface area contributed by atoms with Crippen LogP contribution in [-0.4, -0.2) is 56.6 Å². The molecular weight excluding hydrogens is 528 g/mol. The maximum atomic E-state index is 13.0. The molecule has 214 valence electrons. The van der Waals surface area contributed by atoms with E-state index in [0.717, 1.165) is 53.7 Å². The number of hydrogen-bond acceptors (Lipinski definition) is 7. The number of rotatable bonds is 14. The summed E-state index contributed by atoms with van der Waals surface area (Å²) in [7, 11) is -3.82. The van der Waals surface area contributed by atoms with Crippen LogP contribution in [0.15, 0.2) is 72.8 Å². The van der Waals surface area contributed by atoms with E-state index in [1.54, 1.807) is 6.07 Å². The van der Waals surface area contributed by atoms with Crippen molar-refractivity contribution in [3.63, 3.8) is 0 Å². The Bertz CT molecular complexity index is 1340. The molecule has 1 aliphatic rings. The maximum Gasteiger partial charge on any atom is 0.265 e. The molecule has 0 bridgehead atoms. The van der Waals surface area contributed by atoms with Gasteiger partial charge in [0.1, 0.15) is 12.4 Å². The topological polar surface area (TPSA) is 125 Å². The predicted octanol–water partition coefficient (Wildman–Crippen LogP) is 4.16. The van der Waals surface area contributed by atoms with E-state index < -0.39 is 22.0 Å². The van der Waals surface area contributed by atoms with Crippen LogP contribution in [0.3, 0.4) is 0 Å². The molecule has 0 radical (unpaired) electrons. The van der Waals surface area contributed by atoms with Crippen molar-refractivity contribution >= 4 is 15.9 Å². The summed E-state index contributed by atoms with van der Waals surface area (Å²) in [5, 5.41) is 22.4. The minimum Gasteiger partial charge on any atom is -0.492 e. The van der Waals surface area contributed by atoms with Crippen LogP contribution in [0.2, 0.25) is 0 Å². The van der Waals surface area contributed by atoms with Gasteiger partial charge in [-0.05, 0) is 65.6 Å². The van der Waals surface area contributed by atoms with Gasteiger partial charge >= 0.3 is 0 Å². The molecule has 4 N–H and O–H groups in total. The Balaban J connectivity index is 1.37. The van der Waals surface area contributed by atoms with E-state index in [1.165, 1.54) is 0 Å². The Morgan fingerprint density at radius 2 is 1.68 bits per heavy atom. The molecule has 0 saturated heterocycles. The standard InChI is InChI=1S/C31H38N2O6S/c34-18-6-20-40(37,38)33-31(36)28-16-13-26(21-29(28)24-7-4-5-8-24)23-11-14-27(15-12-23)39-19-17-32-22-30(35)25-9-2-1-3-10-25/h1-3,9-16,21,24,30,32,34-35H,4-8,17-20,22H2,(H,33,36)/t30-/m1/s1. The van der Waals surface area contributed by atoms with E-state index >= 15 is 0 Å². The Hall–Kier alpha value is -3.24. The fourth-order valence-electron chi connectivity index (χ4n) is 5.04. The number of amides is 1. The van der Waals surface area contributed by atoms with Gasteiger partial charge in [0, 0.05) is 25.3 Å². The number of aliphatic hydroxyl groups is 2. The average Bonchev–Trinajstić information content (AvgIpc) is 3.51. The van der Waals surface area contributed by atoms with E-state index in [1.807, 2.05) is 66.7 Å². The zero-order valence-corrected chi connectivity index (χ0v) is 23.4. The molecule has 0 heterocycles. The van der Waals surface area contributed by atoms with Gasteiger partial charge in [-0.15, -0.1) is 0 Å². The van der Waals surface area contributed by atoms with Gasteiger partial charge in [-0.25, -0.2) is 13.1 Å². The Labute approximate surface area is 236 Å². The van der Waals surface area contributed by atoms with Gasteiger partial charge in [-0.3, -0.25) is 4.79 Å². The third-order valence-corrected chi connectivity index (χ3v) is 8.49. The van der Waals surface area contributed by atoms with Crippen LogP contribution in [0.1, 0.15) is 65.6 Å². The fraction of sp³-hybridized carbons (Fsp3) is 0.387. The molecule has 1 aliphatic carbocycles. The van der Waals surface area contributed by atoms with Gasteiger partial charge in [0.25, 0.3) is 5.91 Å². The molecule has 40 heavy (non-hydrogen) atoms. The summed E-state index contributed by atoms with van der Waals surface area (Å²) in [6.07, 6.45) is 3.59. The predicted molar refractivity (Wildman–Crippen MR) is 156 cm³/mol. The average molecular weight is 567 g/mol. The second-order valence-electron chi connectivity index (χ2n) is 10.1. The molecule has 1 fully saturated rings. The molecule has 0 aliphatic heterocycles. The van der Waals surface area contributed by atoms with Gasteiger partial charge in [-0.2, -0.15) is 0 Å². The number of benzene rings is 3. The van der Waals surface area contributed by atoms with E-state index in [-0.39, 0.29) is 24.7 Å². The summed E-state index contributed by atoms with van der Waals surface area (Å²) >= 11 is 0. The number of hydrogen-bond donors (Lipinski definition) is 4. The number of sulfonamides is 1. The van der Waals surface area contributed by atoms with Crippen LogP contribution in [0.4, 0.5) is 0 Å². The normalized spacial score (nSPS) is 14.7. The summed E-state index contributed by atoms with van der Waals surface area (Å²) in [6.45, 7) is 1.24. The summed E-state index contributed by atoms with van der Waals surface area (Å²) in [5.74, 6) is 0.0114. The lowest BCUT2D eigenvalue weighted by molar-refractivity contribution is 0.0980. The molecule has 9 heteroatoms. The Morgan fingerprint density at radius 1 is 0.975 bits per heavy atom. The van der Waals surface area contributed by atoms with Crippen LogP contribution < -0.4 is 14.8 Å². The second-order valence-corrected chi connectivity index (χ2v) is 12.0. The molecule has 3 aromatic carbocycles. The summed E-state index contributed by atoms with van der Waals surface area (Å²) < 4.78 is 32.5. The molecular formula is C31H38N2O6S. The quantitative estimate of drug-likeness (QED) is 0.216. The number of carbonyl (C=O) groups excluding carboxylic acids is 1. The first-order valence-electron chi connectivity index (χ1n) is 13.8. The van der Waals surface area contributed by atoms with Gasteiger partial charge in [0.05, 0.1) is 11.9 Å². The highest BCUT2D eigenvalue weighted by Crippen LogP contribution is 2.38. The minimum absolute atomic E-state index is 0.0740. The largest absolute Gasteiger partial charge is 0.492 e. The molecule has 0 spiro atoms.